The molecule has 0 radical (unpaired) electrons. The second-order valence-corrected chi connectivity index (χ2v) is 10.1. The summed E-state index contributed by atoms with van der Waals surface area (Å²) in [4.78, 5) is 26.4. The van der Waals surface area contributed by atoms with E-state index >= 15 is 0 Å². The van der Waals surface area contributed by atoms with Gasteiger partial charge >= 0.3 is 18.2 Å². The van der Waals surface area contributed by atoms with Crippen molar-refractivity contribution in [3.05, 3.63) is 48.5 Å². The second kappa shape index (κ2) is 10.7. The van der Waals surface area contributed by atoms with Crippen LogP contribution in [0.25, 0.3) is 11.1 Å². The smallest absolute Gasteiger partial charge is 0.462 e. The molecule has 1 amide bonds. The fraction of sp³-hybridized carbons (Fsp3) is 0.481. The lowest BCUT2D eigenvalue weighted by atomic mass is 9.70. The second-order valence-electron chi connectivity index (χ2n) is 10.1. The first kappa shape index (κ1) is 26.6. The highest BCUT2D eigenvalue weighted by atomic mass is 19.4. The molecular formula is C27H32F3NO4. The number of methoxy groups -OCH3 is 1. The highest BCUT2D eigenvalue weighted by Crippen LogP contribution is 2.40. The predicted octanol–water partition coefficient (Wildman–Crippen LogP) is 6.61. The molecule has 190 valence electrons. The van der Waals surface area contributed by atoms with Crippen molar-refractivity contribution in [2.75, 3.05) is 18.6 Å². The Morgan fingerprint density at radius 1 is 0.886 bits per heavy atom. The van der Waals surface area contributed by atoms with Gasteiger partial charge in [-0.1, -0.05) is 45.0 Å². The summed E-state index contributed by atoms with van der Waals surface area (Å²) in [6.07, 6.45) is -0.609. The first-order valence-electron chi connectivity index (χ1n) is 11.7. The number of alkyl halides is 3. The molecule has 0 heterocycles. The maximum atomic E-state index is 12.8. The van der Waals surface area contributed by atoms with Crippen molar-refractivity contribution in [3.63, 3.8) is 0 Å². The van der Waals surface area contributed by atoms with Crippen LogP contribution < -0.4 is 9.64 Å². The Balaban J connectivity index is 1.75. The minimum absolute atomic E-state index is 0.249. The van der Waals surface area contributed by atoms with Gasteiger partial charge in [0.2, 0.25) is 0 Å². The van der Waals surface area contributed by atoms with E-state index in [0.29, 0.717) is 23.7 Å². The van der Waals surface area contributed by atoms with Crippen molar-refractivity contribution in [1.82, 2.24) is 0 Å². The van der Waals surface area contributed by atoms with E-state index in [-0.39, 0.29) is 17.1 Å². The molecule has 1 aliphatic carbocycles. The number of hydrogen-bond donors (Lipinski definition) is 0. The van der Waals surface area contributed by atoms with Crippen LogP contribution in [0.4, 0.5) is 18.9 Å². The summed E-state index contributed by atoms with van der Waals surface area (Å²) in [6, 6.07) is 12.6. The number of amides is 1. The van der Waals surface area contributed by atoms with Gasteiger partial charge in [0.15, 0.2) is 0 Å². The van der Waals surface area contributed by atoms with Gasteiger partial charge in [-0.2, -0.15) is 0 Å². The molecule has 3 rings (SSSR count). The largest absolute Gasteiger partial charge is 0.573 e. The van der Waals surface area contributed by atoms with Gasteiger partial charge in [0.05, 0.1) is 7.11 Å². The lowest BCUT2D eigenvalue weighted by Gasteiger charge is -2.38. The summed E-state index contributed by atoms with van der Waals surface area (Å²) in [5.41, 5.74) is 2.26. The molecule has 0 aromatic heterocycles. The van der Waals surface area contributed by atoms with Crippen LogP contribution in [-0.4, -0.2) is 31.9 Å². The summed E-state index contributed by atoms with van der Waals surface area (Å²) in [5, 5.41) is 0. The van der Waals surface area contributed by atoms with Crippen molar-refractivity contribution in [2.24, 2.45) is 17.3 Å². The molecule has 1 fully saturated rings. The molecule has 0 atom stereocenters. The number of nitrogens with zero attached hydrogens (tertiary/aromatic N) is 1. The van der Waals surface area contributed by atoms with Gasteiger partial charge in [-0.15, -0.1) is 13.2 Å². The Kier molecular flexibility index (Phi) is 8.13. The molecule has 0 aliphatic heterocycles. The first-order valence-corrected chi connectivity index (χ1v) is 11.7. The number of rotatable bonds is 5. The average molecular weight is 492 g/mol. The molecule has 0 saturated heterocycles. The number of carbonyl (C=O) groups excluding carboxylic acids is 2. The van der Waals surface area contributed by atoms with Gasteiger partial charge in [0, 0.05) is 12.2 Å². The number of anilines is 1. The van der Waals surface area contributed by atoms with Crippen molar-refractivity contribution >= 4 is 17.6 Å². The molecule has 0 spiro atoms. The number of ether oxygens (including phenoxy) is 2. The zero-order valence-electron chi connectivity index (χ0n) is 20.5. The van der Waals surface area contributed by atoms with Crippen LogP contribution in [0.2, 0.25) is 0 Å². The molecule has 5 nitrogen and oxygen atoms in total. The molecule has 0 bridgehead atoms. The van der Waals surface area contributed by atoms with E-state index < -0.39 is 18.2 Å². The van der Waals surface area contributed by atoms with Crippen LogP contribution in [0, 0.1) is 17.3 Å². The number of halogens is 3. The van der Waals surface area contributed by atoms with Crippen molar-refractivity contribution in [3.8, 4) is 16.9 Å². The number of hydrogen-bond acceptors (Lipinski definition) is 4. The Labute approximate surface area is 204 Å². The highest BCUT2D eigenvalue weighted by molar-refractivity contribution is 6.38. The van der Waals surface area contributed by atoms with Crippen molar-refractivity contribution in [2.45, 2.75) is 52.8 Å². The quantitative estimate of drug-likeness (QED) is 0.349. The average Bonchev–Trinajstić information content (AvgIpc) is 2.81. The van der Waals surface area contributed by atoms with Crippen molar-refractivity contribution < 1.29 is 32.2 Å². The zero-order chi connectivity index (χ0) is 25.8. The molecule has 2 aromatic carbocycles. The first-order chi connectivity index (χ1) is 16.4. The Bertz CT molecular complexity index is 1000. The van der Waals surface area contributed by atoms with E-state index in [0.717, 1.165) is 31.2 Å². The summed E-state index contributed by atoms with van der Waals surface area (Å²) >= 11 is 0. The Morgan fingerprint density at radius 3 is 1.86 bits per heavy atom. The van der Waals surface area contributed by atoms with E-state index in [9.17, 15) is 22.8 Å². The maximum Gasteiger partial charge on any atom is 0.573 e. The topological polar surface area (TPSA) is 55.8 Å². The molecule has 8 heteroatoms. The van der Waals surface area contributed by atoms with E-state index in [1.165, 1.54) is 36.3 Å². The number of esters is 1. The monoisotopic (exact) mass is 491 g/mol. The van der Waals surface area contributed by atoms with E-state index in [1.54, 1.807) is 24.3 Å². The molecule has 0 unspecified atom stereocenters. The van der Waals surface area contributed by atoms with Gasteiger partial charge < -0.3 is 14.4 Å². The van der Waals surface area contributed by atoms with Gasteiger partial charge in [-0.05, 0) is 78.3 Å². The Hall–Kier alpha value is -3.03. The van der Waals surface area contributed by atoms with E-state index in [4.69, 9.17) is 0 Å². The third-order valence-electron chi connectivity index (χ3n) is 6.72. The fourth-order valence-electron chi connectivity index (χ4n) is 4.66. The molecule has 2 aromatic rings. The predicted molar refractivity (Wildman–Crippen MR) is 128 cm³/mol. The molecule has 0 N–H and O–H groups in total. The molecule has 1 saturated carbocycles. The summed E-state index contributed by atoms with van der Waals surface area (Å²) in [5.74, 6) is -1.02. The third-order valence-corrected chi connectivity index (χ3v) is 6.72. The van der Waals surface area contributed by atoms with Gasteiger partial charge in [-0.25, -0.2) is 4.79 Å². The van der Waals surface area contributed by atoms with Crippen LogP contribution in [0.1, 0.15) is 46.5 Å². The number of benzene rings is 2. The van der Waals surface area contributed by atoms with Crippen LogP contribution in [0.15, 0.2) is 48.5 Å². The summed E-state index contributed by atoms with van der Waals surface area (Å²) in [6.45, 7) is 7.18. The maximum absolute atomic E-state index is 12.8. The standard InChI is InChI=1S/C27H32F3NO4/c1-26(2,3)21-11-5-18(6-12-21)17-31(24(32)25(33)34-4)22-13-7-19(8-14-22)20-9-15-23(16-10-20)35-27(28,29)30/h7-10,13-16,18,21H,5-6,11-12,17H2,1-4H3. The SMILES string of the molecule is COC(=O)C(=O)N(CC1CCC(C(C)(C)C)CC1)c1ccc(-c2ccc(OC(F)(F)F)cc2)cc1. The fourth-order valence-corrected chi connectivity index (χ4v) is 4.66. The van der Waals surface area contributed by atoms with Crippen LogP contribution in [0.5, 0.6) is 5.75 Å². The summed E-state index contributed by atoms with van der Waals surface area (Å²) < 4.78 is 45.7. The highest BCUT2D eigenvalue weighted by Gasteiger charge is 2.33. The third kappa shape index (κ3) is 7.23. The normalized spacial score (nSPS) is 18.6. The van der Waals surface area contributed by atoms with E-state index in [2.05, 4.69) is 30.2 Å². The molecular weight excluding hydrogens is 459 g/mol. The van der Waals surface area contributed by atoms with Gasteiger partial charge in [0.1, 0.15) is 5.75 Å². The van der Waals surface area contributed by atoms with Gasteiger partial charge in [-0.3, -0.25) is 4.79 Å². The van der Waals surface area contributed by atoms with Crippen LogP contribution in [0.3, 0.4) is 0 Å². The lowest BCUT2D eigenvalue weighted by molar-refractivity contribution is -0.274. The molecule has 35 heavy (non-hydrogen) atoms. The van der Waals surface area contributed by atoms with Gasteiger partial charge in [0.25, 0.3) is 0 Å². The summed E-state index contributed by atoms with van der Waals surface area (Å²) in [7, 11) is 1.18. The van der Waals surface area contributed by atoms with Crippen LogP contribution in [-0.2, 0) is 14.3 Å². The zero-order valence-corrected chi connectivity index (χ0v) is 20.5. The van der Waals surface area contributed by atoms with Crippen molar-refractivity contribution in [1.29, 1.82) is 0 Å². The minimum Gasteiger partial charge on any atom is -0.462 e. The number of carbonyl (C=O) groups is 2. The Morgan fingerprint density at radius 2 is 1.40 bits per heavy atom. The van der Waals surface area contributed by atoms with Crippen LogP contribution >= 0.6 is 0 Å². The lowest BCUT2D eigenvalue weighted by Crippen LogP contribution is -2.41. The van der Waals surface area contributed by atoms with E-state index in [1.807, 2.05) is 0 Å². The minimum atomic E-state index is -4.75. The molecule has 1 aliphatic rings.